The van der Waals surface area contributed by atoms with E-state index in [9.17, 15) is 19.8 Å². The Kier molecular flexibility index (Phi) is 51.0. The third kappa shape index (κ3) is 48.1. The molecule has 0 aliphatic rings. The van der Waals surface area contributed by atoms with Crippen molar-refractivity contribution in [2.75, 3.05) is 13.2 Å². The molecule has 62 heavy (non-hydrogen) atoms. The molecule has 1 amide bonds. The quantitative estimate of drug-likeness (QED) is 0.0321. The summed E-state index contributed by atoms with van der Waals surface area (Å²) >= 11 is 0. The number of nitrogens with one attached hydrogen (secondary N) is 1. The fourth-order valence-electron chi connectivity index (χ4n) is 8.75. The number of hydrogen-bond acceptors (Lipinski definition) is 5. The zero-order valence-corrected chi connectivity index (χ0v) is 41.9. The standard InChI is InChI=1S/C56H109NO5/c1-3-5-7-9-11-13-15-17-19-20-21-22-23-25-30-34-38-42-46-50-56(61)62-51-47-43-39-35-31-27-26-29-33-37-41-45-49-55(60)57-53(52-58)54(59)48-44-40-36-32-28-24-18-16-14-12-10-8-6-4-2/h44,48,53-54,58-59H,3-43,45-47,49-52H2,1-2H3,(H,57,60)/b48-44+. The van der Waals surface area contributed by atoms with Crippen molar-refractivity contribution in [1.82, 2.24) is 5.32 Å². The fraction of sp³-hybridized carbons (Fsp3) is 0.929. The number of rotatable bonds is 52. The summed E-state index contributed by atoms with van der Waals surface area (Å²) in [5.41, 5.74) is 0. The topological polar surface area (TPSA) is 95.9 Å². The summed E-state index contributed by atoms with van der Waals surface area (Å²) in [6, 6.07) is -0.638. The van der Waals surface area contributed by atoms with E-state index >= 15 is 0 Å². The van der Waals surface area contributed by atoms with Crippen LogP contribution in [0.25, 0.3) is 0 Å². The van der Waals surface area contributed by atoms with E-state index in [0.29, 0.717) is 19.4 Å². The Morgan fingerprint density at radius 3 is 1.10 bits per heavy atom. The van der Waals surface area contributed by atoms with Crippen LogP contribution >= 0.6 is 0 Å². The van der Waals surface area contributed by atoms with Crippen LogP contribution < -0.4 is 5.32 Å². The molecule has 0 heterocycles. The van der Waals surface area contributed by atoms with Gasteiger partial charge in [0.2, 0.25) is 5.91 Å². The molecule has 0 saturated heterocycles. The van der Waals surface area contributed by atoms with E-state index in [2.05, 4.69) is 19.2 Å². The molecule has 6 nitrogen and oxygen atoms in total. The monoisotopic (exact) mass is 876 g/mol. The maximum atomic E-state index is 12.4. The Hall–Kier alpha value is -1.40. The van der Waals surface area contributed by atoms with Gasteiger partial charge in [0.25, 0.3) is 0 Å². The SMILES string of the molecule is CCCCCCCCCCCCCC/C=C/C(O)C(CO)NC(=O)CCCCCCCCCCCCCCOC(=O)CCCCCCCCCCCCCCCCCCCCC. The van der Waals surface area contributed by atoms with Crippen LogP contribution in [0.15, 0.2) is 12.2 Å². The number of amides is 1. The Balaban J connectivity index is 3.44. The highest BCUT2D eigenvalue weighted by Crippen LogP contribution is 2.17. The molecule has 0 fully saturated rings. The lowest BCUT2D eigenvalue weighted by molar-refractivity contribution is -0.143. The summed E-state index contributed by atoms with van der Waals surface area (Å²) in [7, 11) is 0. The van der Waals surface area contributed by atoms with Gasteiger partial charge in [0.1, 0.15) is 0 Å². The predicted octanol–water partition coefficient (Wildman–Crippen LogP) is 16.9. The van der Waals surface area contributed by atoms with Crippen molar-refractivity contribution in [3.8, 4) is 0 Å². The predicted molar refractivity (Wildman–Crippen MR) is 269 cm³/mol. The Morgan fingerprint density at radius 1 is 0.435 bits per heavy atom. The average Bonchev–Trinajstić information content (AvgIpc) is 3.27. The second-order valence-electron chi connectivity index (χ2n) is 19.3. The number of unbranched alkanes of at least 4 members (excludes halogenated alkanes) is 41. The van der Waals surface area contributed by atoms with Gasteiger partial charge in [-0.2, -0.15) is 0 Å². The van der Waals surface area contributed by atoms with Gasteiger partial charge in [-0.25, -0.2) is 0 Å². The lowest BCUT2D eigenvalue weighted by Gasteiger charge is -2.20. The highest BCUT2D eigenvalue weighted by Gasteiger charge is 2.18. The number of aliphatic hydroxyl groups is 2. The first-order valence-electron chi connectivity index (χ1n) is 28.0. The largest absolute Gasteiger partial charge is 0.466 e. The molecule has 0 radical (unpaired) electrons. The van der Waals surface area contributed by atoms with E-state index in [1.165, 1.54) is 225 Å². The molecule has 0 saturated carbocycles. The Labute approximate surface area is 387 Å². The van der Waals surface area contributed by atoms with Crippen molar-refractivity contribution in [3.05, 3.63) is 12.2 Å². The molecule has 0 aromatic carbocycles. The van der Waals surface area contributed by atoms with Gasteiger partial charge in [0.15, 0.2) is 0 Å². The molecule has 0 aromatic rings. The third-order valence-corrected chi connectivity index (χ3v) is 13.1. The van der Waals surface area contributed by atoms with Crippen LogP contribution in [0.2, 0.25) is 0 Å². The highest BCUT2D eigenvalue weighted by molar-refractivity contribution is 5.76. The summed E-state index contributed by atoms with van der Waals surface area (Å²) in [4.78, 5) is 24.5. The van der Waals surface area contributed by atoms with E-state index < -0.39 is 12.1 Å². The van der Waals surface area contributed by atoms with Gasteiger partial charge in [-0.15, -0.1) is 0 Å². The molecule has 6 heteroatoms. The van der Waals surface area contributed by atoms with Crippen molar-refractivity contribution in [1.29, 1.82) is 0 Å². The smallest absolute Gasteiger partial charge is 0.305 e. The molecule has 2 atom stereocenters. The van der Waals surface area contributed by atoms with Crippen molar-refractivity contribution in [2.45, 2.75) is 321 Å². The first kappa shape index (κ1) is 60.6. The van der Waals surface area contributed by atoms with Crippen LogP contribution in [0.3, 0.4) is 0 Å². The van der Waals surface area contributed by atoms with Crippen molar-refractivity contribution >= 4 is 11.9 Å². The maximum absolute atomic E-state index is 12.4. The van der Waals surface area contributed by atoms with Crippen molar-refractivity contribution in [2.24, 2.45) is 0 Å². The molecular weight excluding hydrogens is 767 g/mol. The van der Waals surface area contributed by atoms with E-state index in [-0.39, 0.29) is 18.5 Å². The summed E-state index contributed by atoms with van der Waals surface area (Å²) in [6.45, 7) is 4.89. The number of ether oxygens (including phenoxy) is 1. The molecular formula is C56H109NO5. The third-order valence-electron chi connectivity index (χ3n) is 13.1. The lowest BCUT2D eigenvalue weighted by atomic mass is 10.0. The molecule has 0 spiro atoms. The van der Waals surface area contributed by atoms with E-state index in [0.717, 1.165) is 57.8 Å². The molecule has 2 unspecified atom stereocenters. The van der Waals surface area contributed by atoms with E-state index in [1.54, 1.807) is 6.08 Å². The number of allylic oxidation sites excluding steroid dienone is 1. The van der Waals surface area contributed by atoms with Crippen molar-refractivity contribution < 1.29 is 24.5 Å². The minimum atomic E-state index is -0.853. The molecule has 0 rings (SSSR count). The number of hydrogen-bond donors (Lipinski definition) is 3. The van der Waals surface area contributed by atoms with Gasteiger partial charge in [-0.3, -0.25) is 9.59 Å². The summed E-state index contributed by atoms with van der Waals surface area (Å²) in [6.07, 6.45) is 60.8. The number of esters is 1. The van der Waals surface area contributed by atoms with Crippen LogP contribution in [0.4, 0.5) is 0 Å². The Morgan fingerprint density at radius 2 is 0.742 bits per heavy atom. The van der Waals surface area contributed by atoms with Gasteiger partial charge in [0.05, 0.1) is 25.4 Å². The van der Waals surface area contributed by atoms with Gasteiger partial charge in [0, 0.05) is 12.8 Å². The van der Waals surface area contributed by atoms with E-state index in [4.69, 9.17) is 4.74 Å². The summed E-state index contributed by atoms with van der Waals surface area (Å²) in [5, 5.41) is 23.1. The fourth-order valence-corrected chi connectivity index (χ4v) is 8.75. The van der Waals surface area contributed by atoms with Gasteiger partial charge < -0.3 is 20.3 Å². The van der Waals surface area contributed by atoms with Crippen LogP contribution in [0.5, 0.6) is 0 Å². The van der Waals surface area contributed by atoms with Crippen LogP contribution in [0.1, 0.15) is 309 Å². The second-order valence-corrected chi connectivity index (χ2v) is 19.3. The lowest BCUT2D eigenvalue weighted by Crippen LogP contribution is -2.45. The molecule has 0 bridgehead atoms. The molecule has 368 valence electrons. The normalized spacial score (nSPS) is 12.6. The second kappa shape index (κ2) is 52.2. The number of carbonyl (C=O) groups is 2. The molecule has 0 aliphatic carbocycles. The molecule has 0 aliphatic heterocycles. The molecule has 3 N–H and O–H groups in total. The van der Waals surface area contributed by atoms with Crippen LogP contribution in [-0.2, 0) is 14.3 Å². The summed E-state index contributed by atoms with van der Waals surface area (Å²) < 4.78 is 5.48. The minimum Gasteiger partial charge on any atom is -0.466 e. The number of carbonyl (C=O) groups excluding carboxylic acids is 2. The van der Waals surface area contributed by atoms with Crippen LogP contribution in [-0.4, -0.2) is 47.4 Å². The summed E-state index contributed by atoms with van der Waals surface area (Å²) in [5.74, 6) is -0.0875. The Bertz CT molecular complexity index is 924. The van der Waals surface area contributed by atoms with Gasteiger partial charge in [-0.05, 0) is 32.1 Å². The molecule has 0 aromatic heterocycles. The number of aliphatic hydroxyl groups excluding tert-OH is 2. The minimum absolute atomic E-state index is 0.00573. The first-order valence-corrected chi connectivity index (χ1v) is 28.0. The van der Waals surface area contributed by atoms with Gasteiger partial charge >= 0.3 is 5.97 Å². The zero-order chi connectivity index (χ0) is 45.1. The van der Waals surface area contributed by atoms with Crippen molar-refractivity contribution in [3.63, 3.8) is 0 Å². The van der Waals surface area contributed by atoms with E-state index in [1.807, 2.05) is 6.08 Å². The zero-order valence-electron chi connectivity index (χ0n) is 41.9. The van der Waals surface area contributed by atoms with Crippen LogP contribution in [0, 0.1) is 0 Å². The maximum Gasteiger partial charge on any atom is 0.305 e. The first-order chi connectivity index (χ1) is 30.5. The average molecular weight is 876 g/mol. The van der Waals surface area contributed by atoms with Gasteiger partial charge in [-0.1, -0.05) is 276 Å². The highest BCUT2D eigenvalue weighted by atomic mass is 16.5.